The molecular formula is C26H35BrO17. The molecule has 17 nitrogen and oxygen atoms in total. The second-order valence-corrected chi connectivity index (χ2v) is 10.5. The number of halogens is 1. The Labute approximate surface area is 260 Å². The zero-order valence-corrected chi connectivity index (χ0v) is 26.6. The minimum atomic E-state index is -1.73. The highest BCUT2D eigenvalue weighted by atomic mass is 79.9. The molecule has 44 heavy (non-hydrogen) atoms. The van der Waals surface area contributed by atoms with Gasteiger partial charge in [0.05, 0.1) is 0 Å². The van der Waals surface area contributed by atoms with Crippen LogP contribution in [0.2, 0.25) is 0 Å². The maximum atomic E-state index is 12.2. The summed E-state index contributed by atoms with van der Waals surface area (Å²) in [6.45, 7) is 6.57. The third kappa shape index (κ3) is 11.0. The molecule has 0 amide bonds. The van der Waals surface area contributed by atoms with Crippen LogP contribution in [0.4, 0.5) is 0 Å². The average molecular weight is 699 g/mol. The first-order valence-electron chi connectivity index (χ1n) is 13.2. The summed E-state index contributed by atoms with van der Waals surface area (Å²) in [7, 11) is 0. The Hall–Kier alpha value is -3.35. The smallest absolute Gasteiger partial charge is 0.303 e. The number of alkyl halides is 1. The van der Waals surface area contributed by atoms with Crippen LogP contribution in [0, 0.1) is 0 Å². The Bertz CT molecular complexity index is 1090. The first-order chi connectivity index (χ1) is 20.5. The van der Waals surface area contributed by atoms with Crippen LogP contribution in [0.5, 0.6) is 0 Å². The Morgan fingerprint density at radius 2 is 0.841 bits per heavy atom. The van der Waals surface area contributed by atoms with Crippen LogP contribution in [0.1, 0.15) is 48.5 Å². The lowest BCUT2D eigenvalue weighted by Crippen LogP contribution is -2.66. The van der Waals surface area contributed by atoms with Crippen molar-refractivity contribution in [2.24, 2.45) is 0 Å². The molecule has 0 N–H and O–H groups in total. The first kappa shape index (κ1) is 36.8. The van der Waals surface area contributed by atoms with Crippen LogP contribution in [0.25, 0.3) is 0 Å². The zero-order valence-electron chi connectivity index (χ0n) is 25.0. The topological polar surface area (TPSA) is 212 Å². The molecule has 0 aliphatic carbocycles. The number of esters is 7. The van der Waals surface area contributed by atoms with Crippen molar-refractivity contribution in [2.45, 2.75) is 109 Å². The quantitative estimate of drug-likeness (QED) is 0.158. The van der Waals surface area contributed by atoms with Crippen LogP contribution in [-0.4, -0.2) is 115 Å². The van der Waals surface area contributed by atoms with E-state index in [1.54, 1.807) is 0 Å². The van der Waals surface area contributed by atoms with E-state index in [4.69, 9.17) is 47.4 Å². The van der Waals surface area contributed by atoms with Crippen LogP contribution in [0.15, 0.2) is 0 Å². The van der Waals surface area contributed by atoms with E-state index in [1.807, 2.05) is 0 Å². The van der Waals surface area contributed by atoms with Gasteiger partial charge in [-0.3, -0.25) is 33.6 Å². The Morgan fingerprint density at radius 1 is 0.477 bits per heavy atom. The SMILES string of the molecule is CC(=O)OC[C@H]1O[C@H](Br)[C@H](OC(C)=O)[C@@H](OC(C)=O)[C@H]1O[C@@H]1O[C@H](COC(C)=O)[C@@H](OC(C)=O)[C@H](OC(C)=O)[C@H]1OC(C)=O. The van der Waals surface area contributed by atoms with Crippen molar-refractivity contribution >= 4 is 57.7 Å². The summed E-state index contributed by atoms with van der Waals surface area (Å²) in [5, 5.41) is -1.09. The second-order valence-electron chi connectivity index (χ2n) is 9.64. The zero-order chi connectivity index (χ0) is 33.3. The van der Waals surface area contributed by atoms with Gasteiger partial charge < -0.3 is 47.4 Å². The number of carbonyl (C=O) groups is 7. The predicted molar refractivity (Wildman–Crippen MR) is 142 cm³/mol. The molecule has 10 atom stereocenters. The first-order valence-corrected chi connectivity index (χ1v) is 14.1. The summed E-state index contributed by atoms with van der Waals surface area (Å²) in [4.78, 5) is 83.8. The van der Waals surface area contributed by atoms with Gasteiger partial charge in [0.1, 0.15) is 31.5 Å². The summed E-state index contributed by atoms with van der Waals surface area (Å²) in [5.74, 6) is -5.63. The summed E-state index contributed by atoms with van der Waals surface area (Å²) >= 11 is 3.23. The third-order valence-corrected chi connectivity index (χ3v) is 6.61. The molecule has 2 aliphatic heterocycles. The lowest BCUT2D eigenvalue weighted by molar-refractivity contribution is -0.341. The molecule has 2 aliphatic rings. The number of rotatable bonds is 11. The number of ether oxygens (including phenoxy) is 10. The average Bonchev–Trinajstić information content (AvgIpc) is 2.87. The van der Waals surface area contributed by atoms with Crippen molar-refractivity contribution in [3.63, 3.8) is 0 Å². The van der Waals surface area contributed by atoms with Crippen molar-refractivity contribution in [2.75, 3.05) is 13.2 Å². The minimum Gasteiger partial charge on any atom is -0.463 e. The monoisotopic (exact) mass is 698 g/mol. The van der Waals surface area contributed by atoms with E-state index >= 15 is 0 Å². The third-order valence-electron chi connectivity index (χ3n) is 5.87. The standard InChI is InChI=1S/C26H35BrO17/c1-10(28)35-8-17-20(21(38-13(4)31)23(25(27)42-17)40-15(6)33)44-26-24(41-16(7)34)22(39-14(5)32)19(37-12(3)30)18(43-26)9-36-11(2)29/h17-26H,8-9H2,1-7H3/t17-,18-,19-,20+,21+,22+,23-,24-,25+,26+/m1/s1. The van der Waals surface area contributed by atoms with Crippen molar-refractivity contribution < 1.29 is 80.9 Å². The highest BCUT2D eigenvalue weighted by molar-refractivity contribution is 9.09. The van der Waals surface area contributed by atoms with Gasteiger partial charge in [-0.1, -0.05) is 15.9 Å². The Morgan fingerprint density at radius 3 is 1.27 bits per heavy atom. The van der Waals surface area contributed by atoms with E-state index < -0.39 is 115 Å². The second kappa shape index (κ2) is 16.6. The Kier molecular flexibility index (Phi) is 13.9. The van der Waals surface area contributed by atoms with Gasteiger partial charge in [0, 0.05) is 48.5 Å². The molecule has 0 radical (unpaired) electrons. The van der Waals surface area contributed by atoms with Gasteiger partial charge in [0.2, 0.25) is 0 Å². The fourth-order valence-corrected chi connectivity index (χ4v) is 5.15. The van der Waals surface area contributed by atoms with Gasteiger partial charge in [-0.2, -0.15) is 0 Å². The van der Waals surface area contributed by atoms with Gasteiger partial charge in [-0.05, 0) is 0 Å². The summed E-state index contributed by atoms with van der Waals surface area (Å²) in [6, 6.07) is 0. The van der Waals surface area contributed by atoms with Gasteiger partial charge in [0.25, 0.3) is 0 Å². The minimum absolute atomic E-state index is 0.460. The van der Waals surface area contributed by atoms with Gasteiger partial charge in [0.15, 0.2) is 41.8 Å². The molecular weight excluding hydrogens is 664 g/mol. The lowest BCUT2D eigenvalue weighted by Gasteiger charge is -2.48. The maximum absolute atomic E-state index is 12.2. The summed E-state index contributed by atoms with van der Waals surface area (Å²) in [5.41, 5.74) is 0. The van der Waals surface area contributed by atoms with Crippen molar-refractivity contribution in [1.82, 2.24) is 0 Å². The fourth-order valence-electron chi connectivity index (χ4n) is 4.46. The molecule has 0 aromatic rings. The van der Waals surface area contributed by atoms with Gasteiger partial charge >= 0.3 is 41.8 Å². The largest absolute Gasteiger partial charge is 0.463 e. The normalized spacial score (nSPS) is 31.5. The molecule has 0 aromatic carbocycles. The number of hydrogen-bond donors (Lipinski definition) is 0. The van der Waals surface area contributed by atoms with E-state index in [0.717, 1.165) is 48.5 Å². The molecule has 0 bridgehead atoms. The molecule has 0 spiro atoms. The van der Waals surface area contributed by atoms with Gasteiger partial charge in [-0.15, -0.1) is 0 Å². The molecule has 2 rings (SSSR count). The van der Waals surface area contributed by atoms with Crippen molar-refractivity contribution in [3.8, 4) is 0 Å². The fraction of sp³-hybridized carbons (Fsp3) is 0.731. The summed E-state index contributed by atoms with van der Waals surface area (Å²) < 4.78 is 55.2. The van der Waals surface area contributed by atoms with Crippen molar-refractivity contribution in [1.29, 1.82) is 0 Å². The lowest BCUT2D eigenvalue weighted by atomic mass is 9.96. The molecule has 0 unspecified atom stereocenters. The van der Waals surface area contributed by atoms with Crippen LogP contribution in [-0.2, 0) is 80.9 Å². The predicted octanol–water partition coefficient (Wildman–Crippen LogP) is 0.00100. The molecule has 2 fully saturated rings. The van der Waals surface area contributed by atoms with Gasteiger partial charge in [-0.25, -0.2) is 0 Å². The molecule has 0 aromatic heterocycles. The maximum Gasteiger partial charge on any atom is 0.303 e. The van der Waals surface area contributed by atoms with E-state index in [1.165, 1.54) is 0 Å². The molecule has 18 heteroatoms. The number of hydrogen-bond acceptors (Lipinski definition) is 17. The van der Waals surface area contributed by atoms with E-state index in [9.17, 15) is 33.6 Å². The molecule has 248 valence electrons. The molecule has 2 heterocycles. The van der Waals surface area contributed by atoms with E-state index in [0.29, 0.717) is 0 Å². The number of carbonyl (C=O) groups excluding carboxylic acids is 7. The summed E-state index contributed by atoms with van der Waals surface area (Å²) in [6.07, 6.45) is -13.2. The Balaban J connectivity index is 2.66. The molecule has 0 saturated carbocycles. The van der Waals surface area contributed by atoms with E-state index in [2.05, 4.69) is 15.9 Å². The highest BCUT2D eigenvalue weighted by Gasteiger charge is 2.57. The van der Waals surface area contributed by atoms with E-state index in [-0.39, 0.29) is 0 Å². The van der Waals surface area contributed by atoms with Crippen LogP contribution < -0.4 is 0 Å². The van der Waals surface area contributed by atoms with Crippen LogP contribution in [0.3, 0.4) is 0 Å². The highest BCUT2D eigenvalue weighted by Crippen LogP contribution is 2.36. The van der Waals surface area contributed by atoms with Crippen LogP contribution >= 0.6 is 15.9 Å². The molecule has 2 saturated heterocycles. The van der Waals surface area contributed by atoms with Crippen molar-refractivity contribution in [3.05, 3.63) is 0 Å².